The first-order valence-electron chi connectivity index (χ1n) is 7.77. The Bertz CT molecular complexity index is 390. The van der Waals surface area contributed by atoms with Crippen molar-refractivity contribution in [3.05, 3.63) is 25.3 Å². The molecule has 0 bridgehead atoms. The summed E-state index contributed by atoms with van der Waals surface area (Å²) in [5.41, 5.74) is 8.83. The van der Waals surface area contributed by atoms with Gasteiger partial charge in [0.2, 0.25) is 0 Å². The van der Waals surface area contributed by atoms with Gasteiger partial charge in [0.1, 0.15) is 11.1 Å². The lowest BCUT2D eigenvalue weighted by Gasteiger charge is -2.18. The molecule has 6 heteroatoms. The SMILES string of the molecule is C=CCCCC[C@](C)(N)C(=O)O.C=CCCC[C@@](C)(N)C(=O)O. The van der Waals surface area contributed by atoms with E-state index in [4.69, 9.17) is 21.7 Å². The third-order valence-corrected chi connectivity index (χ3v) is 3.44. The predicted octanol–water partition coefficient (Wildman–Crippen LogP) is 2.68. The number of unbranched alkanes of at least 4 members (excludes halogenated alkanes) is 3. The van der Waals surface area contributed by atoms with Gasteiger partial charge >= 0.3 is 11.9 Å². The Morgan fingerprint density at radius 3 is 1.57 bits per heavy atom. The molecule has 0 radical (unpaired) electrons. The lowest BCUT2D eigenvalue weighted by Crippen LogP contribution is -2.44. The van der Waals surface area contributed by atoms with Gasteiger partial charge in [-0.3, -0.25) is 9.59 Å². The van der Waals surface area contributed by atoms with Crippen LogP contribution in [-0.4, -0.2) is 33.2 Å². The van der Waals surface area contributed by atoms with Gasteiger partial charge < -0.3 is 21.7 Å². The summed E-state index contributed by atoms with van der Waals surface area (Å²) in [5, 5.41) is 17.2. The van der Waals surface area contributed by atoms with Crippen molar-refractivity contribution >= 4 is 11.9 Å². The Morgan fingerprint density at radius 2 is 1.22 bits per heavy atom. The molecule has 0 aliphatic rings. The molecule has 0 aromatic heterocycles. The van der Waals surface area contributed by atoms with Crippen LogP contribution in [0.5, 0.6) is 0 Å². The van der Waals surface area contributed by atoms with Crippen molar-refractivity contribution in [3.63, 3.8) is 0 Å². The molecule has 6 N–H and O–H groups in total. The van der Waals surface area contributed by atoms with E-state index in [0.717, 1.165) is 32.1 Å². The van der Waals surface area contributed by atoms with Crippen LogP contribution in [0.2, 0.25) is 0 Å². The summed E-state index contributed by atoms with van der Waals surface area (Å²) in [5.74, 6) is -1.87. The fourth-order valence-electron chi connectivity index (χ4n) is 1.61. The zero-order valence-electron chi connectivity index (χ0n) is 14.4. The van der Waals surface area contributed by atoms with Crippen molar-refractivity contribution in [2.75, 3.05) is 0 Å². The smallest absolute Gasteiger partial charge is 0.323 e. The number of aliphatic carboxylic acids is 2. The first-order chi connectivity index (χ1) is 10.5. The van der Waals surface area contributed by atoms with Gasteiger partial charge in [-0.2, -0.15) is 0 Å². The molecule has 23 heavy (non-hydrogen) atoms. The second-order valence-corrected chi connectivity index (χ2v) is 6.16. The van der Waals surface area contributed by atoms with Gasteiger partial charge in [-0.1, -0.05) is 18.6 Å². The van der Waals surface area contributed by atoms with E-state index < -0.39 is 23.0 Å². The summed E-state index contributed by atoms with van der Waals surface area (Å²) in [6.45, 7) is 10.2. The summed E-state index contributed by atoms with van der Waals surface area (Å²) in [6.07, 6.45) is 8.94. The molecule has 0 fully saturated rings. The molecular weight excluding hydrogens is 296 g/mol. The van der Waals surface area contributed by atoms with Crippen molar-refractivity contribution in [2.45, 2.75) is 69.9 Å². The van der Waals surface area contributed by atoms with E-state index in [9.17, 15) is 9.59 Å². The lowest BCUT2D eigenvalue weighted by atomic mass is 9.96. The predicted molar refractivity (Wildman–Crippen MR) is 93.2 cm³/mol. The first-order valence-corrected chi connectivity index (χ1v) is 7.77. The van der Waals surface area contributed by atoms with Crippen LogP contribution in [0.1, 0.15) is 58.8 Å². The van der Waals surface area contributed by atoms with Crippen LogP contribution in [0.3, 0.4) is 0 Å². The van der Waals surface area contributed by atoms with E-state index in [0.29, 0.717) is 12.8 Å². The van der Waals surface area contributed by atoms with E-state index in [2.05, 4.69) is 13.2 Å². The van der Waals surface area contributed by atoms with Crippen LogP contribution in [0, 0.1) is 0 Å². The summed E-state index contributed by atoms with van der Waals surface area (Å²) in [4.78, 5) is 21.0. The average Bonchev–Trinajstić information content (AvgIpc) is 2.44. The number of allylic oxidation sites excluding steroid dienone is 2. The molecular formula is C17H32N2O4. The molecule has 0 aliphatic carbocycles. The van der Waals surface area contributed by atoms with Gasteiger partial charge in [-0.15, -0.1) is 13.2 Å². The quantitative estimate of drug-likeness (QED) is 0.341. The van der Waals surface area contributed by atoms with Gasteiger partial charge in [0.15, 0.2) is 0 Å². The van der Waals surface area contributed by atoms with Crippen molar-refractivity contribution in [1.82, 2.24) is 0 Å². The number of carboxylic acid groups (broad SMARTS) is 2. The van der Waals surface area contributed by atoms with E-state index in [-0.39, 0.29) is 0 Å². The third-order valence-electron chi connectivity index (χ3n) is 3.44. The van der Waals surface area contributed by atoms with Crippen molar-refractivity contribution in [3.8, 4) is 0 Å². The number of rotatable bonds is 11. The molecule has 0 heterocycles. The average molecular weight is 328 g/mol. The molecule has 0 saturated carbocycles. The standard InChI is InChI=1S/C9H17NO2.C8H15NO2/c1-3-4-5-6-7-9(2,10)8(11)12;1-3-4-5-6-8(2,9)7(10)11/h3H,1,4-7,10H2,2H3,(H,11,12);3H,1,4-6,9H2,2H3,(H,10,11)/t9-;8-/m01/s1. The largest absolute Gasteiger partial charge is 0.480 e. The summed E-state index contributed by atoms with van der Waals surface area (Å²) in [7, 11) is 0. The molecule has 0 rings (SSSR count). The lowest BCUT2D eigenvalue weighted by molar-refractivity contribution is -0.143. The van der Waals surface area contributed by atoms with Crippen molar-refractivity contribution < 1.29 is 19.8 Å². The highest BCUT2D eigenvalue weighted by Gasteiger charge is 2.27. The van der Waals surface area contributed by atoms with E-state index >= 15 is 0 Å². The van der Waals surface area contributed by atoms with Gasteiger partial charge in [0, 0.05) is 0 Å². The molecule has 6 nitrogen and oxygen atoms in total. The van der Waals surface area contributed by atoms with Crippen LogP contribution >= 0.6 is 0 Å². The van der Waals surface area contributed by atoms with Crippen LogP contribution in [0.15, 0.2) is 25.3 Å². The molecule has 0 unspecified atom stereocenters. The summed E-state index contributed by atoms with van der Waals surface area (Å²) in [6, 6.07) is 0. The minimum atomic E-state index is -1.08. The Morgan fingerprint density at radius 1 is 0.870 bits per heavy atom. The maximum Gasteiger partial charge on any atom is 0.323 e. The number of hydrogen-bond donors (Lipinski definition) is 4. The first kappa shape index (κ1) is 23.6. The molecule has 0 aromatic rings. The van der Waals surface area contributed by atoms with Gasteiger partial charge in [-0.05, 0) is 52.4 Å². The number of nitrogens with two attached hydrogens (primary N) is 2. The Hall–Kier alpha value is -1.66. The topological polar surface area (TPSA) is 127 Å². The molecule has 2 atom stereocenters. The van der Waals surface area contributed by atoms with Crippen molar-refractivity contribution in [2.24, 2.45) is 11.5 Å². The monoisotopic (exact) mass is 328 g/mol. The minimum absolute atomic E-state index is 0.494. The second kappa shape index (κ2) is 11.8. The van der Waals surface area contributed by atoms with E-state index in [1.54, 1.807) is 13.0 Å². The van der Waals surface area contributed by atoms with E-state index in [1.165, 1.54) is 6.92 Å². The van der Waals surface area contributed by atoms with E-state index in [1.807, 2.05) is 6.08 Å². The van der Waals surface area contributed by atoms with Crippen LogP contribution in [0.4, 0.5) is 0 Å². The van der Waals surface area contributed by atoms with Crippen LogP contribution in [-0.2, 0) is 9.59 Å². The second-order valence-electron chi connectivity index (χ2n) is 6.16. The minimum Gasteiger partial charge on any atom is -0.480 e. The van der Waals surface area contributed by atoms with Crippen molar-refractivity contribution in [1.29, 1.82) is 0 Å². The number of carboxylic acids is 2. The highest BCUT2D eigenvalue weighted by molar-refractivity contribution is 5.78. The Balaban J connectivity index is 0. The normalized spacial score (nSPS) is 15.3. The van der Waals surface area contributed by atoms with Gasteiger partial charge in [0.25, 0.3) is 0 Å². The highest BCUT2D eigenvalue weighted by Crippen LogP contribution is 2.12. The number of hydrogen-bond acceptors (Lipinski definition) is 4. The summed E-state index contributed by atoms with van der Waals surface area (Å²) >= 11 is 0. The molecule has 0 spiro atoms. The molecule has 134 valence electrons. The van der Waals surface area contributed by atoms with Crippen LogP contribution < -0.4 is 11.5 Å². The Kier molecular flexibility index (Phi) is 12.2. The number of carbonyl (C=O) groups is 2. The molecule has 0 aromatic carbocycles. The molecule has 0 amide bonds. The fraction of sp³-hybridized carbons (Fsp3) is 0.647. The van der Waals surface area contributed by atoms with Crippen LogP contribution in [0.25, 0.3) is 0 Å². The van der Waals surface area contributed by atoms with Gasteiger partial charge in [0.05, 0.1) is 0 Å². The maximum absolute atomic E-state index is 10.5. The van der Waals surface area contributed by atoms with Gasteiger partial charge in [-0.25, -0.2) is 0 Å². The molecule has 0 saturated heterocycles. The third kappa shape index (κ3) is 12.6. The zero-order valence-corrected chi connectivity index (χ0v) is 14.4. The fourth-order valence-corrected chi connectivity index (χ4v) is 1.61. The molecule has 0 aliphatic heterocycles. The maximum atomic E-state index is 10.5. The zero-order chi connectivity index (χ0) is 18.5. The summed E-state index contributed by atoms with van der Waals surface area (Å²) < 4.78 is 0. The Labute approximate surface area is 139 Å². The highest BCUT2D eigenvalue weighted by atomic mass is 16.4.